The molecule has 0 radical (unpaired) electrons. The second-order valence-corrected chi connectivity index (χ2v) is 7.33. The van der Waals surface area contributed by atoms with Crippen molar-refractivity contribution >= 4 is 23.2 Å². The first-order valence-electron chi connectivity index (χ1n) is 9.65. The van der Waals surface area contributed by atoms with Crippen molar-refractivity contribution in [3.8, 4) is 5.75 Å². The van der Waals surface area contributed by atoms with Gasteiger partial charge in [0.25, 0.3) is 5.91 Å². The third-order valence-electron chi connectivity index (χ3n) is 5.27. The van der Waals surface area contributed by atoms with Crippen molar-refractivity contribution in [2.75, 3.05) is 29.5 Å². The fourth-order valence-corrected chi connectivity index (χ4v) is 3.95. The number of fused-ring (bicyclic) bond motifs is 1. The molecule has 1 saturated heterocycles. The summed E-state index contributed by atoms with van der Waals surface area (Å²) in [6, 6.07) is 10.6. The number of amides is 2. The fourth-order valence-electron chi connectivity index (χ4n) is 3.95. The van der Waals surface area contributed by atoms with Gasteiger partial charge in [0.2, 0.25) is 5.91 Å². The Morgan fingerprint density at radius 2 is 1.86 bits per heavy atom. The Hall–Kier alpha value is -2.89. The molecule has 0 N–H and O–H groups in total. The second-order valence-electron chi connectivity index (χ2n) is 7.33. The molecule has 0 saturated carbocycles. The SMILES string of the molecule is Cc1cc(F)c2c(c1)CCCN2C(=O)COc1ccc(N2CCCC2=O)cc1. The molecule has 5 nitrogen and oxygen atoms in total. The highest BCUT2D eigenvalue weighted by Gasteiger charge is 2.26. The number of ether oxygens (including phenoxy) is 1. The van der Waals surface area contributed by atoms with E-state index < -0.39 is 0 Å². The molecule has 0 bridgehead atoms. The van der Waals surface area contributed by atoms with Crippen molar-refractivity contribution in [2.45, 2.75) is 32.6 Å². The third kappa shape index (κ3) is 3.59. The lowest BCUT2D eigenvalue weighted by molar-refractivity contribution is -0.120. The Morgan fingerprint density at radius 3 is 2.57 bits per heavy atom. The van der Waals surface area contributed by atoms with Crippen molar-refractivity contribution < 1.29 is 18.7 Å². The summed E-state index contributed by atoms with van der Waals surface area (Å²) in [7, 11) is 0. The van der Waals surface area contributed by atoms with Crippen molar-refractivity contribution in [2.24, 2.45) is 0 Å². The molecule has 28 heavy (non-hydrogen) atoms. The number of nitrogens with zero attached hydrogens (tertiary/aromatic N) is 2. The minimum absolute atomic E-state index is 0.130. The van der Waals surface area contributed by atoms with Gasteiger partial charge >= 0.3 is 0 Å². The average Bonchev–Trinajstić information content (AvgIpc) is 3.11. The van der Waals surface area contributed by atoms with Gasteiger partial charge in [0.1, 0.15) is 11.6 Å². The van der Waals surface area contributed by atoms with Gasteiger partial charge in [0, 0.05) is 25.2 Å². The molecule has 2 amide bonds. The van der Waals surface area contributed by atoms with Crippen LogP contribution in [0.25, 0.3) is 0 Å². The number of hydrogen-bond donors (Lipinski definition) is 0. The van der Waals surface area contributed by atoms with Gasteiger partial charge < -0.3 is 14.5 Å². The number of rotatable bonds is 4. The van der Waals surface area contributed by atoms with Gasteiger partial charge in [-0.25, -0.2) is 4.39 Å². The maximum absolute atomic E-state index is 14.5. The average molecular weight is 382 g/mol. The summed E-state index contributed by atoms with van der Waals surface area (Å²) in [4.78, 5) is 27.7. The highest BCUT2D eigenvalue weighted by atomic mass is 19.1. The number of carbonyl (C=O) groups excluding carboxylic acids is 2. The summed E-state index contributed by atoms with van der Waals surface area (Å²) in [5, 5.41) is 0. The largest absolute Gasteiger partial charge is 0.484 e. The molecule has 2 aromatic carbocycles. The topological polar surface area (TPSA) is 49.9 Å². The van der Waals surface area contributed by atoms with E-state index >= 15 is 0 Å². The van der Waals surface area contributed by atoms with Crippen LogP contribution in [-0.2, 0) is 16.0 Å². The lowest BCUT2D eigenvalue weighted by atomic mass is 9.99. The molecule has 0 spiro atoms. The maximum Gasteiger partial charge on any atom is 0.265 e. The molecule has 146 valence electrons. The highest BCUT2D eigenvalue weighted by Crippen LogP contribution is 2.31. The van der Waals surface area contributed by atoms with Crippen molar-refractivity contribution in [1.29, 1.82) is 0 Å². The van der Waals surface area contributed by atoms with Crippen LogP contribution in [0.4, 0.5) is 15.8 Å². The Morgan fingerprint density at radius 1 is 1.11 bits per heavy atom. The zero-order valence-corrected chi connectivity index (χ0v) is 15.9. The van der Waals surface area contributed by atoms with E-state index in [1.165, 1.54) is 11.0 Å². The zero-order valence-electron chi connectivity index (χ0n) is 15.9. The molecule has 0 aliphatic carbocycles. The first-order chi connectivity index (χ1) is 13.5. The molecule has 2 aromatic rings. The van der Waals surface area contributed by atoms with E-state index in [9.17, 15) is 14.0 Å². The predicted octanol–water partition coefficient (Wildman–Crippen LogP) is 3.62. The molecule has 2 aliphatic heterocycles. The van der Waals surface area contributed by atoms with Crippen LogP contribution < -0.4 is 14.5 Å². The van der Waals surface area contributed by atoms with Gasteiger partial charge in [-0.15, -0.1) is 0 Å². The van der Waals surface area contributed by atoms with Crippen molar-refractivity contribution in [3.05, 3.63) is 53.3 Å². The molecule has 2 heterocycles. The van der Waals surface area contributed by atoms with Crippen LogP contribution in [0.5, 0.6) is 5.75 Å². The molecular weight excluding hydrogens is 359 g/mol. The molecule has 2 aliphatic rings. The monoisotopic (exact) mass is 382 g/mol. The summed E-state index contributed by atoms with van der Waals surface area (Å²) in [5.74, 6) is 0.0559. The number of hydrogen-bond acceptors (Lipinski definition) is 3. The third-order valence-corrected chi connectivity index (χ3v) is 5.27. The molecule has 4 rings (SSSR count). The van der Waals surface area contributed by atoms with Gasteiger partial charge in [-0.3, -0.25) is 9.59 Å². The lowest BCUT2D eigenvalue weighted by Crippen LogP contribution is -2.39. The zero-order chi connectivity index (χ0) is 19.7. The number of carbonyl (C=O) groups is 2. The number of halogens is 1. The van der Waals surface area contributed by atoms with Crippen LogP contribution in [0.1, 0.15) is 30.4 Å². The maximum atomic E-state index is 14.5. The fraction of sp³-hybridized carbons (Fsp3) is 0.364. The Labute approximate surface area is 163 Å². The Balaban J connectivity index is 1.42. The van der Waals surface area contributed by atoms with Crippen LogP contribution in [0.15, 0.2) is 36.4 Å². The minimum Gasteiger partial charge on any atom is -0.484 e. The molecule has 0 aromatic heterocycles. The van der Waals surface area contributed by atoms with E-state index in [4.69, 9.17) is 4.74 Å². The van der Waals surface area contributed by atoms with Crippen LogP contribution in [-0.4, -0.2) is 31.5 Å². The number of anilines is 2. The first kappa shape index (κ1) is 18.5. The van der Waals surface area contributed by atoms with Crippen LogP contribution in [0.3, 0.4) is 0 Å². The van der Waals surface area contributed by atoms with E-state index in [1.807, 2.05) is 25.1 Å². The summed E-state index contributed by atoms with van der Waals surface area (Å²) >= 11 is 0. The van der Waals surface area contributed by atoms with E-state index in [1.54, 1.807) is 17.0 Å². The lowest BCUT2D eigenvalue weighted by Gasteiger charge is -2.30. The van der Waals surface area contributed by atoms with Gasteiger partial charge in [-0.1, -0.05) is 6.07 Å². The van der Waals surface area contributed by atoms with Crippen LogP contribution in [0.2, 0.25) is 0 Å². The van der Waals surface area contributed by atoms with E-state index in [0.717, 1.165) is 42.6 Å². The minimum atomic E-state index is -0.359. The molecular formula is C22H23FN2O3. The number of aryl methyl sites for hydroxylation is 2. The summed E-state index contributed by atoms with van der Waals surface area (Å²) in [5.41, 5.74) is 2.95. The smallest absolute Gasteiger partial charge is 0.265 e. The Kier molecular flexibility index (Phi) is 5.03. The van der Waals surface area contributed by atoms with E-state index in [-0.39, 0.29) is 24.2 Å². The molecule has 1 fully saturated rings. The van der Waals surface area contributed by atoms with E-state index in [2.05, 4.69) is 0 Å². The standard InChI is InChI=1S/C22H23FN2O3/c1-15-12-16-4-2-11-25(22(16)19(23)13-15)21(27)14-28-18-8-6-17(7-9-18)24-10-3-5-20(24)26/h6-9,12-13H,2-5,10-11,14H2,1H3. The summed E-state index contributed by atoms with van der Waals surface area (Å²) in [6.07, 6.45) is 3.04. The highest BCUT2D eigenvalue weighted by molar-refractivity contribution is 5.96. The second kappa shape index (κ2) is 7.62. The van der Waals surface area contributed by atoms with E-state index in [0.29, 0.717) is 24.4 Å². The van der Waals surface area contributed by atoms with Crippen molar-refractivity contribution in [1.82, 2.24) is 0 Å². The first-order valence-corrected chi connectivity index (χ1v) is 9.65. The van der Waals surface area contributed by atoms with Crippen molar-refractivity contribution in [3.63, 3.8) is 0 Å². The predicted molar refractivity (Wildman–Crippen MR) is 105 cm³/mol. The summed E-state index contributed by atoms with van der Waals surface area (Å²) in [6.45, 7) is 2.92. The summed E-state index contributed by atoms with van der Waals surface area (Å²) < 4.78 is 20.1. The molecule has 0 atom stereocenters. The molecule has 0 unspecified atom stereocenters. The van der Waals surface area contributed by atoms with Gasteiger partial charge in [-0.05, 0) is 67.6 Å². The normalized spacial score (nSPS) is 16.3. The van der Waals surface area contributed by atoms with Gasteiger partial charge in [-0.2, -0.15) is 0 Å². The molecule has 6 heteroatoms. The van der Waals surface area contributed by atoms with Crippen LogP contribution >= 0.6 is 0 Å². The van der Waals surface area contributed by atoms with Crippen LogP contribution in [0, 0.1) is 12.7 Å². The van der Waals surface area contributed by atoms with Gasteiger partial charge in [0.15, 0.2) is 6.61 Å². The number of benzene rings is 2. The Bertz CT molecular complexity index is 911. The quantitative estimate of drug-likeness (QED) is 0.812. The van der Waals surface area contributed by atoms with Gasteiger partial charge in [0.05, 0.1) is 5.69 Å².